The number of hydrogen-bond acceptors (Lipinski definition) is 4. The molecule has 142 valence electrons. The monoisotopic (exact) mass is 363 g/mol. The molecule has 1 aromatic rings. The van der Waals surface area contributed by atoms with Crippen molar-refractivity contribution in [2.24, 2.45) is 5.73 Å². The van der Waals surface area contributed by atoms with E-state index >= 15 is 0 Å². The maximum Gasteiger partial charge on any atom is 0.394 e. The summed E-state index contributed by atoms with van der Waals surface area (Å²) in [4.78, 5) is 4.41. The number of nitrogens with two attached hydrogens (primary N) is 1. The SMILES string of the molecule is CCCCCCCCCCCc1nccn1CCN.O=S(=O)(O)O. The van der Waals surface area contributed by atoms with E-state index < -0.39 is 10.4 Å². The van der Waals surface area contributed by atoms with Crippen LogP contribution in [0, 0.1) is 0 Å². The Labute approximate surface area is 146 Å². The molecule has 0 radical (unpaired) electrons. The molecule has 0 aliphatic heterocycles. The van der Waals surface area contributed by atoms with E-state index in [0.29, 0.717) is 6.54 Å². The molecule has 1 heterocycles. The number of unbranched alkanes of at least 4 members (excludes halogenated alkanes) is 8. The van der Waals surface area contributed by atoms with E-state index in [0.717, 1.165) is 13.0 Å². The van der Waals surface area contributed by atoms with Crippen molar-refractivity contribution in [2.75, 3.05) is 6.54 Å². The van der Waals surface area contributed by atoms with Crippen LogP contribution >= 0.6 is 0 Å². The van der Waals surface area contributed by atoms with Crippen molar-refractivity contribution < 1.29 is 17.5 Å². The van der Waals surface area contributed by atoms with Crippen LogP contribution < -0.4 is 5.73 Å². The number of aryl methyl sites for hydroxylation is 1. The first-order chi connectivity index (χ1) is 11.4. The maximum atomic E-state index is 8.74. The predicted octanol–water partition coefficient (Wildman–Crippen LogP) is 3.26. The second-order valence-electron chi connectivity index (χ2n) is 5.85. The Balaban J connectivity index is 0.000000922. The van der Waals surface area contributed by atoms with Crippen molar-refractivity contribution in [3.8, 4) is 0 Å². The molecule has 4 N–H and O–H groups in total. The van der Waals surface area contributed by atoms with E-state index in [1.807, 2.05) is 12.4 Å². The minimum absolute atomic E-state index is 0.696. The van der Waals surface area contributed by atoms with Gasteiger partial charge in [0.2, 0.25) is 0 Å². The van der Waals surface area contributed by atoms with Crippen LogP contribution in [0.2, 0.25) is 0 Å². The number of aromatic nitrogens is 2. The first kappa shape index (κ1) is 23.0. The zero-order valence-corrected chi connectivity index (χ0v) is 15.5. The Hall–Kier alpha value is -0.960. The molecule has 0 aromatic carbocycles. The molecule has 7 nitrogen and oxygen atoms in total. The van der Waals surface area contributed by atoms with Crippen molar-refractivity contribution in [3.05, 3.63) is 18.2 Å². The van der Waals surface area contributed by atoms with E-state index in [1.165, 1.54) is 63.6 Å². The highest BCUT2D eigenvalue weighted by Crippen LogP contribution is 2.11. The quantitative estimate of drug-likeness (QED) is 0.387. The lowest BCUT2D eigenvalue weighted by Gasteiger charge is -2.06. The molecule has 8 heteroatoms. The van der Waals surface area contributed by atoms with Crippen LogP contribution in [0.25, 0.3) is 0 Å². The van der Waals surface area contributed by atoms with Gasteiger partial charge in [0, 0.05) is 31.9 Å². The third-order valence-corrected chi connectivity index (χ3v) is 3.68. The second kappa shape index (κ2) is 14.4. The highest BCUT2D eigenvalue weighted by molar-refractivity contribution is 7.79. The summed E-state index contributed by atoms with van der Waals surface area (Å²) in [6.45, 7) is 3.86. The van der Waals surface area contributed by atoms with Gasteiger partial charge in [0.15, 0.2) is 0 Å². The van der Waals surface area contributed by atoms with E-state index in [4.69, 9.17) is 23.3 Å². The van der Waals surface area contributed by atoms with Crippen molar-refractivity contribution in [1.29, 1.82) is 0 Å². The summed E-state index contributed by atoms with van der Waals surface area (Å²) in [7, 11) is -4.67. The van der Waals surface area contributed by atoms with Gasteiger partial charge in [0.05, 0.1) is 0 Å². The summed E-state index contributed by atoms with van der Waals surface area (Å²) in [5, 5.41) is 0. The van der Waals surface area contributed by atoms with Crippen LogP contribution in [0.1, 0.15) is 70.5 Å². The molecular formula is C16H33N3O4S. The van der Waals surface area contributed by atoms with Gasteiger partial charge >= 0.3 is 10.4 Å². The van der Waals surface area contributed by atoms with Gasteiger partial charge < -0.3 is 10.3 Å². The molecule has 0 atom stereocenters. The smallest absolute Gasteiger partial charge is 0.334 e. The molecule has 0 aliphatic carbocycles. The van der Waals surface area contributed by atoms with Gasteiger partial charge in [-0.05, 0) is 6.42 Å². The average molecular weight is 364 g/mol. The molecule has 0 bridgehead atoms. The Kier molecular flexibility index (Phi) is 13.8. The van der Waals surface area contributed by atoms with Crippen LogP contribution in [0.15, 0.2) is 12.4 Å². The van der Waals surface area contributed by atoms with E-state index in [9.17, 15) is 0 Å². The third-order valence-electron chi connectivity index (χ3n) is 3.68. The lowest BCUT2D eigenvalue weighted by molar-refractivity contribution is 0.381. The van der Waals surface area contributed by atoms with Gasteiger partial charge in [-0.15, -0.1) is 0 Å². The zero-order chi connectivity index (χ0) is 18.3. The molecule has 0 aliphatic rings. The lowest BCUT2D eigenvalue weighted by atomic mass is 10.1. The summed E-state index contributed by atoms with van der Waals surface area (Å²) in [5.41, 5.74) is 5.58. The minimum atomic E-state index is -4.67. The van der Waals surface area contributed by atoms with Crippen LogP contribution in [-0.4, -0.2) is 33.6 Å². The predicted molar refractivity (Wildman–Crippen MR) is 96.4 cm³/mol. The lowest BCUT2D eigenvalue weighted by Crippen LogP contribution is -2.11. The molecule has 0 fully saturated rings. The summed E-state index contributed by atoms with van der Waals surface area (Å²) in [6, 6.07) is 0. The van der Waals surface area contributed by atoms with E-state index in [1.54, 1.807) is 0 Å². The molecule has 0 saturated carbocycles. The normalized spacial score (nSPS) is 11.2. The topological polar surface area (TPSA) is 118 Å². The number of imidazole rings is 1. The Morgan fingerprint density at radius 3 is 2.04 bits per heavy atom. The summed E-state index contributed by atoms with van der Waals surface area (Å²) in [6.07, 6.45) is 17.4. The molecule has 0 unspecified atom stereocenters. The van der Waals surface area contributed by atoms with Gasteiger partial charge in [-0.1, -0.05) is 58.3 Å². The number of nitrogens with zero attached hydrogens (tertiary/aromatic N) is 2. The molecule has 0 spiro atoms. The number of rotatable bonds is 12. The highest BCUT2D eigenvalue weighted by Gasteiger charge is 2.01. The Morgan fingerprint density at radius 1 is 1.04 bits per heavy atom. The van der Waals surface area contributed by atoms with Crippen molar-refractivity contribution in [2.45, 2.75) is 77.7 Å². The minimum Gasteiger partial charge on any atom is -0.334 e. The Bertz CT molecular complexity index is 495. The fraction of sp³-hybridized carbons (Fsp3) is 0.812. The molecule has 24 heavy (non-hydrogen) atoms. The first-order valence-electron chi connectivity index (χ1n) is 8.78. The van der Waals surface area contributed by atoms with Crippen molar-refractivity contribution in [3.63, 3.8) is 0 Å². The number of hydrogen-bond donors (Lipinski definition) is 3. The van der Waals surface area contributed by atoms with Gasteiger partial charge in [0.1, 0.15) is 5.82 Å². The van der Waals surface area contributed by atoms with Crippen LogP contribution in [0.4, 0.5) is 0 Å². The Morgan fingerprint density at radius 2 is 1.54 bits per heavy atom. The molecule has 1 rings (SSSR count). The third kappa shape index (κ3) is 15.9. The molecule has 0 amide bonds. The fourth-order valence-corrected chi connectivity index (χ4v) is 2.50. The fourth-order valence-electron chi connectivity index (χ4n) is 2.50. The second-order valence-corrected chi connectivity index (χ2v) is 6.75. The summed E-state index contributed by atoms with van der Waals surface area (Å²) >= 11 is 0. The highest BCUT2D eigenvalue weighted by atomic mass is 32.3. The van der Waals surface area contributed by atoms with Crippen LogP contribution in [0.3, 0.4) is 0 Å². The van der Waals surface area contributed by atoms with Crippen molar-refractivity contribution in [1.82, 2.24) is 9.55 Å². The largest absolute Gasteiger partial charge is 0.394 e. The average Bonchev–Trinajstić information content (AvgIpc) is 2.92. The summed E-state index contributed by atoms with van der Waals surface area (Å²) in [5.74, 6) is 1.20. The molecule has 0 saturated heterocycles. The van der Waals surface area contributed by atoms with Gasteiger partial charge in [-0.2, -0.15) is 8.42 Å². The van der Waals surface area contributed by atoms with Crippen LogP contribution in [0.5, 0.6) is 0 Å². The molecule has 1 aromatic heterocycles. The zero-order valence-electron chi connectivity index (χ0n) is 14.7. The standard InChI is InChI=1S/C16H31N3.H2O4S/c1-2-3-4-5-6-7-8-9-10-11-16-18-13-15-19(16)14-12-17;1-5(2,3)4/h13,15H,2-12,14,17H2,1H3;(H2,1,2,3,4). The maximum absolute atomic E-state index is 8.74. The van der Waals surface area contributed by atoms with E-state index in [-0.39, 0.29) is 0 Å². The van der Waals surface area contributed by atoms with Gasteiger partial charge in [0.25, 0.3) is 0 Å². The van der Waals surface area contributed by atoms with Crippen LogP contribution in [-0.2, 0) is 23.4 Å². The first-order valence-corrected chi connectivity index (χ1v) is 10.2. The van der Waals surface area contributed by atoms with Gasteiger partial charge in [-0.3, -0.25) is 9.11 Å². The van der Waals surface area contributed by atoms with Gasteiger partial charge in [-0.25, -0.2) is 4.98 Å². The molecular weight excluding hydrogens is 330 g/mol. The summed E-state index contributed by atoms with van der Waals surface area (Å²) < 4.78 is 33.8. The van der Waals surface area contributed by atoms with Crippen molar-refractivity contribution >= 4 is 10.4 Å². The van der Waals surface area contributed by atoms with E-state index in [2.05, 4.69) is 16.5 Å².